The zero-order chi connectivity index (χ0) is 15.7. The third-order valence-corrected chi connectivity index (χ3v) is 3.93. The summed E-state index contributed by atoms with van der Waals surface area (Å²) >= 11 is 5.91. The van der Waals surface area contributed by atoms with Crippen molar-refractivity contribution in [2.75, 3.05) is 17.3 Å². The largest absolute Gasteiger partial charge is 0.326 e. The van der Waals surface area contributed by atoms with Gasteiger partial charge in [-0.05, 0) is 41.5 Å². The first kappa shape index (κ1) is 14.6. The van der Waals surface area contributed by atoms with Gasteiger partial charge < -0.3 is 10.2 Å². The summed E-state index contributed by atoms with van der Waals surface area (Å²) in [5.41, 5.74) is 3.40. The van der Waals surface area contributed by atoms with Crippen molar-refractivity contribution in [1.82, 2.24) is 0 Å². The molecule has 5 heteroatoms. The van der Waals surface area contributed by atoms with Crippen LogP contribution in [0.3, 0.4) is 0 Å². The SMILES string of the molecule is CN1C(=O)Cc2cc(NC(=O)Cc3cccc(Cl)c3)ccc21. The molecule has 0 spiro atoms. The highest BCUT2D eigenvalue weighted by Crippen LogP contribution is 2.30. The second-order valence-corrected chi connectivity index (χ2v) is 5.76. The van der Waals surface area contributed by atoms with Crippen molar-refractivity contribution in [2.45, 2.75) is 12.8 Å². The van der Waals surface area contributed by atoms with Gasteiger partial charge in [0, 0.05) is 23.4 Å². The normalized spacial score (nSPS) is 13.2. The molecule has 0 aliphatic carbocycles. The van der Waals surface area contributed by atoms with Crippen LogP contribution < -0.4 is 10.2 Å². The molecule has 1 N–H and O–H groups in total. The van der Waals surface area contributed by atoms with E-state index in [1.807, 2.05) is 30.3 Å². The lowest BCUT2D eigenvalue weighted by Crippen LogP contribution is -2.20. The number of hydrogen-bond acceptors (Lipinski definition) is 2. The maximum atomic E-state index is 12.1. The molecule has 0 radical (unpaired) electrons. The first-order chi connectivity index (χ1) is 10.5. The van der Waals surface area contributed by atoms with Crippen LogP contribution in [0.4, 0.5) is 11.4 Å². The van der Waals surface area contributed by atoms with Crippen LogP contribution in [0.1, 0.15) is 11.1 Å². The number of likely N-dealkylation sites (N-methyl/N-ethyl adjacent to an activating group) is 1. The van der Waals surface area contributed by atoms with Crippen molar-refractivity contribution in [2.24, 2.45) is 0 Å². The van der Waals surface area contributed by atoms with Crippen LogP contribution in [0.2, 0.25) is 5.02 Å². The maximum Gasteiger partial charge on any atom is 0.231 e. The maximum absolute atomic E-state index is 12.1. The molecule has 112 valence electrons. The number of fused-ring (bicyclic) bond motifs is 1. The second kappa shape index (κ2) is 5.81. The molecule has 0 fully saturated rings. The highest BCUT2D eigenvalue weighted by Gasteiger charge is 2.23. The summed E-state index contributed by atoms with van der Waals surface area (Å²) in [5.74, 6) is -0.0442. The van der Waals surface area contributed by atoms with Gasteiger partial charge >= 0.3 is 0 Å². The van der Waals surface area contributed by atoms with Gasteiger partial charge in [0.1, 0.15) is 0 Å². The summed E-state index contributed by atoms with van der Waals surface area (Å²) in [6.45, 7) is 0. The summed E-state index contributed by atoms with van der Waals surface area (Å²) < 4.78 is 0. The topological polar surface area (TPSA) is 49.4 Å². The molecule has 1 aliphatic rings. The molecule has 1 heterocycles. The molecule has 0 bridgehead atoms. The van der Waals surface area contributed by atoms with Gasteiger partial charge in [-0.25, -0.2) is 0 Å². The molecule has 0 atom stereocenters. The Morgan fingerprint density at radius 2 is 2.09 bits per heavy atom. The minimum Gasteiger partial charge on any atom is -0.326 e. The monoisotopic (exact) mass is 314 g/mol. The van der Waals surface area contributed by atoms with Crippen LogP contribution in [0.15, 0.2) is 42.5 Å². The molecule has 0 saturated heterocycles. The highest BCUT2D eigenvalue weighted by atomic mass is 35.5. The van der Waals surface area contributed by atoms with Crippen LogP contribution in [-0.4, -0.2) is 18.9 Å². The first-order valence-corrected chi connectivity index (χ1v) is 7.34. The number of carbonyl (C=O) groups excluding carboxylic acids is 2. The molecule has 0 saturated carbocycles. The highest BCUT2D eigenvalue weighted by molar-refractivity contribution is 6.30. The molecule has 0 unspecified atom stereocenters. The van der Waals surface area contributed by atoms with Crippen LogP contribution in [-0.2, 0) is 22.4 Å². The average molecular weight is 315 g/mol. The Morgan fingerprint density at radius 3 is 2.86 bits per heavy atom. The summed E-state index contributed by atoms with van der Waals surface area (Å²) in [5, 5.41) is 3.47. The van der Waals surface area contributed by atoms with Crippen molar-refractivity contribution in [3.05, 3.63) is 58.6 Å². The number of carbonyl (C=O) groups is 2. The Morgan fingerprint density at radius 1 is 1.27 bits per heavy atom. The van der Waals surface area contributed by atoms with Crippen LogP contribution in [0.5, 0.6) is 0 Å². The number of benzene rings is 2. The predicted octanol–water partition coefficient (Wildman–Crippen LogP) is 3.04. The Labute approximate surface area is 133 Å². The lowest BCUT2D eigenvalue weighted by atomic mass is 10.1. The van der Waals surface area contributed by atoms with E-state index in [9.17, 15) is 9.59 Å². The van der Waals surface area contributed by atoms with Gasteiger partial charge in [0.25, 0.3) is 0 Å². The van der Waals surface area contributed by atoms with E-state index in [1.54, 1.807) is 24.1 Å². The molecular weight excluding hydrogens is 300 g/mol. The minimum absolute atomic E-state index is 0.0670. The molecule has 0 aromatic heterocycles. The van der Waals surface area contributed by atoms with Crippen molar-refractivity contribution >= 4 is 34.8 Å². The Balaban J connectivity index is 1.70. The third-order valence-electron chi connectivity index (χ3n) is 3.69. The third kappa shape index (κ3) is 2.97. The van der Waals surface area contributed by atoms with Crippen molar-refractivity contribution in [3.63, 3.8) is 0 Å². The predicted molar refractivity (Wildman–Crippen MR) is 87.3 cm³/mol. The standard InChI is InChI=1S/C17H15ClN2O2/c1-20-15-6-5-14(9-12(15)10-17(20)22)19-16(21)8-11-3-2-4-13(18)7-11/h2-7,9H,8,10H2,1H3,(H,19,21). The molecule has 4 nitrogen and oxygen atoms in total. The summed E-state index contributed by atoms with van der Waals surface area (Å²) in [4.78, 5) is 25.4. The number of nitrogens with one attached hydrogen (secondary N) is 1. The van der Waals surface area contributed by atoms with E-state index in [0.29, 0.717) is 17.1 Å². The lowest BCUT2D eigenvalue weighted by Gasteiger charge is -2.11. The van der Waals surface area contributed by atoms with E-state index in [2.05, 4.69) is 5.32 Å². The number of anilines is 2. The fraction of sp³-hybridized carbons (Fsp3) is 0.176. The van der Waals surface area contributed by atoms with E-state index < -0.39 is 0 Å². The smallest absolute Gasteiger partial charge is 0.231 e. The summed E-state index contributed by atoms with van der Waals surface area (Å²) in [7, 11) is 1.76. The molecule has 2 amide bonds. The molecule has 1 aliphatic heterocycles. The van der Waals surface area contributed by atoms with Gasteiger partial charge in [-0.15, -0.1) is 0 Å². The Bertz CT molecular complexity index is 758. The lowest BCUT2D eigenvalue weighted by molar-refractivity contribution is -0.117. The number of halogens is 1. The van der Waals surface area contributed by atoms with Gasteiger partial charge in [0.2, 0.25) is 11.8 Å². The van der Waals surface area contributed by atoms with E-state index in [0.717, 1.165) is 16.8 Å². The van der Waals surface area contributed by atoms with E-state index in [-0.39, 0.29) is 18.2 Å². The quantitative estimate of drug-likeness (QED) is 0.946. The van der Waals surface area contributed by atoms with Crippen molar-refractivity contribution in [3.8, 4) is 0 Å². The van der Waals surface area contributed by atoms with Crippen LogP contribution in [0.25, 0.3) is 0 Å². The molecule has 3 rings (SSSR count). The molecule has 22 heavy (non-hydrogen) atoms. The number of hydrogen-bond donors (Lipinski definition) is 1. The van der Waals surface area contributed by atoms with Gasteiger partial charge in [-0.2, -0.15) is 0 Å². The van der Waals surface area contributed by atoms with Gasteiger partial charge in [0.05, 0.1) is 12.8 Å². The van der Waals surface area contributed by atoms with Crippen LogP contribution in [0, 0.1) is 0 Å². The van der Waals surface area contributed by atoms with Crippen molar-refractivity contribution in [1.29, 1.82) is 0 Å². The fourth-order valence-electron chi connectivity index (χ4n) is 2.59. The zero-order valence-electron chi connectivity index (χ0n) is 12.1. The molecule has 2 aromatic rings. The zero-order valence-corrected chi connectivity index (χ0v) is 12.9. The Hall–Kier alpha value is -2.33. The average Bonchev–Trinajstić information content (AvgIpc) is 2.73. The Kier molecular flexibility index (Phi) is 3.86. The second-order valence-electron chi connectivity index (χ2n) is 5.33. The number of nitrogens with zero attached hydrogens (tertiary/aromatic N) is 1. The van der Waals surface area contributed by atoms with E-state index in [4.69, 9.17) is 11.6 Å². The van der Waals surface area contributed by atoms with Gasteiger partial charge in [0.15, 0.2) is 0 Å². The fourth-order valence-corrected chi connectivity index (χ4v) is 2.80. The molecular formula is C17H15ClN2O2. The summed E-state index contributed by atoms with van der Waals surface area (Å²) in [6.07, 6.45) is 0.639. The van der Waals surface area contributed by atoms with Gasteiger partial charge in [-0.1, -0.05) is 23.7 Å². The van der Waals surface area contributed by atoms with Crippen LogP contribution >= 0.6 is 11.6 Å². The van der Waals surface area contributed by atoms with Crippen molar-refractivity contribution < 1.29 is 9.59 Å². The number of rotatable bonds is 3. The van der Waals surface area contributed by atoms with Gasteiger partial charge in [-0.3, -0.25) is 9.59 Å². The first-order valence-electron chi connectivity index (χ1n) is 6.97. The van der Waals surface area contributed by atoms with E-state index >= 15 is 0 Å². The summed E-state index contributed by atoms with van der Waals surface area (Å²) in [6, 6.07) is 12.8. The molecule has 2 aromatic carbocycles. The minimum atomic E-state index is -0.111. The van der Waals surface area contributed by atoms with E-state index in [1.165, 1.54) is 0 Å². The number of amides is 2.